The van der Waals surface area contributed by atoms with Crippen molar-refractivity contribution >= 4 is 11.9 Å². The molecule has 0 aromatic heterocycles. The largest absolute Gasteiger partial charge is 0.293 e. The molecule has 0 aliphatic carbocycles. The maximum atomic E-state index is 4.40. The van der Waals surface area contributed by atoms with Crippen LogP contribution in [0.15, 0.2) is 32.8 Å². The van der Waals surface area contributed by atoms with Crippen LogP contribution in [-0.2, 0) is 0 Å². The van der Waals surface area contributed by atoms with E-state index in [9.17, 15) is 0 Å². The van der Waals surface area contributed by atoms with Gasteiger partial charge in [0, 0.05) is 7.05 Å². The Morgan fingerprint density at radius 3 is 2.28 bits per heavy atom. The van der Waals surface area contributed by atoms with E-state index in [-0.39, 0.29) is 0 Å². The molecule has 0 aliphatic rings. The number of aliphatic imine (C=N–C) groups is 2. The molecule has 0 fully saturated rings. The van der Waals surface area contributed by atoms with Gasteiger partial charge in [0.1, 0.15) is 0 Å². The van der Waals surface area contributed by atoms with Crippen LogP contribution >= 0.6 is 0 Å². The van der Waals surface area contributed by atoms with Crippen LogP contribution < -0.4 is 0 Å². The SMILES string of the molecule is CC=NC/C(C)=C\C(=NC)C(C)=C(C)C(C)CC. The van der Waals surface area contributed by atoms with Crippen molar-refractivity contribution in [3.63, 3.8) is 0 Å². The first kappa shape index (κ1) is 16.8. The normalized spacial score (nSPS) is 17.1. The Balaban J connectivity index is 5.12. The molecule has 0 amide bonds. The molecule has 0 N–H and O–H groups in total. The zero-order valence-electron chi connectivity index (χ0n) is 13.0. The molecule has 1 atom stereocenters. The molecule has 1 unspecified atom stereocenters. The molecular weight excluding hydrogens is 220 g/mol. The standard InChI is InChI=1S/C16H28N2/c1-8-13(4)14(5)15(6)16(17-7)10-12(3)11-18-9-2/h9-10,13H,8,11H2,1-7H3/b12-10-,15-14?,17-16?,18-9?. The third-order valence-corrected chi connectivity index (χ3v) is 3.47. The Morgan fingerprint density at radius 2 is 1.83 bits per heavy atom. The second-order valence-electron chi connectivity index (χ2n) is 4.82. The average Bonchev–Trinajstić information content (AvgIpc) is 2.39. The lowest BCUT2D eigenvalue weighted by molar-refractivity contribution is 0.651. The average molecular weight is 248 g/mol. The molecule has 2 heteroatoms. The molecule has 0 aliphatic heterocycles. The summed E-state index contributed by atoms with van der Waals surface area (Å²) in [5.41, 5.74) is 5.05. The molecule has 0 radical (unpaired) electrons. The highest BCUT2D eigenvalue weighted by molar-refractivity contribution is 6.08. The number of hydrogen-bond acceptors (Lipinski definition) is 2. The molecule has 0 rings (SSSR count). The summed E-state index contributed by atoms with van der Waals surface area (Å²) in [6, 6.07) is 0. The summed E-state index contributed by atoms with van der Waals surface area (Å²) in [6.07, 6.45) is 5.16. The summed E-state index contributed by atoms with van der Waals surface area (Å²) in [7, 11) is 1.86. The third kappa shape index (κ3) is 5.44. The van der Waals surface area contributed by atoms with Crippen molar-refractivity contribution in [1.82, 2.24) is 0 Å². The van der Waals surface area contributed by atoms with Crippen molar-refractivity contribution in [3.05, 3.63) is 22.8 Å². The van der Waals surface area contributed by atoms with E-state index in [0.717, 1.165) is 12.3 Å². The minimum Gasteiger partial charge on any atom is -0.293 e. The molecule has 18 heavy (non-hydrogen) atoms. The maximum absolute atomic E-state index is 4.40. The Kier molecular flexibility index (Phi) is 8.27. The van der Waals surface area contributed by atoms with Crippen molar-refractivity contribution in [2.75, 3.05) is 13.6 Å². The highest BCUT2D eigenvalue weighted by Crippen LogP contribution is 2.19. The van der Waals surface area contributed by atoms with Crippen LogP contribution in [0.3, 0.4) is 0 Å². The van der Waals surface area contributed by atoms with Gasteiger partial charge < -0.3 is 0 Å². The van der Waals surface area contributed by atoms with E-state index in [1.807, 2.05) is 20.2 Å². The molecule has 102 valence electrons. The predicted molar refractivity (Wildman–Crippen MR) is 84.0 cm³/mol. The zero-order valence-corrected chi connectivity index (χ0v) is 13.0. The fourth-order valence-corrected chi connectivity index (χ4v) is 1.73. The van der Waals surface area contributed by atoms with Crippen molar-refractivity contribution < 1.29 is 0 Å². The molecule has 2 nitrogen and oxygen atoms in total. The smallest absolute Gasteiger partial charge is 0.0599 e. The van der Waals surface area contributed by atoms with E-state index in [0.29, 0.717) is 5.92 Å². The number of nitrogens with zero attached hydrogens (tertiary/aromatic N) is 2. The van der Waals surface area contributed by atoms with Crippen molar-refractivity contribution in [1.29, 1.82) is 0 Å². The first-order valence-electron chi connectivity index (χ1n) is 6.73. The van der Waals surface area contributed by atoms with Crippen LogP contribution in [0.1, 0.15) is 48.0 Å². The second-order valence-corrected chi connectivity index (χ2v) is 4.82. The molecule has 0 spiro atoms. The number of rotatable bonds is 6. The fourth-order valence-electron chi connectivity index (χ4n) is 1.73. The molecule has 0 saturated carbocycles. The van der Waals surface area contributed by atoms with Crippen LogP contribution in [0.4, 0.5) is 0 Å². The van der Waals surface area contributed by atoms with Crippen molar-refractivity contribution in [3.8, 4) is 0 Å². The van der Waals surface area contributed by atoms with Gasteiger partial charge >= 0.3 is 0 Å². The van der Waals surface area contributed by atoms with E-state index in [2.05, 4.69) is 50.7 Å². The van der Waals surface area contributed by atoms with Gasteiger partial charge in [0.15, 0.2) is 0 Å². The van der Waals surface area contributed by atoms with Gasteiger partial charge in [-0.1, -0.05) is 19.4 Å². The van der Waals surface area contributed by atoms with E-state index in [1.165, 1.54) is 23.1 Å². The highest BCUT2D eigenvalue weighted by atomic mass is 14.7. The topological polar surface area (TPSA) is 24.7 Å². The minimum atomic E-state index is 0.615. The van der Waals surface area contributed by atoms with Crippen LogP contribution in [0, 0.1) is 5.92 Å². The van der Waals surface area contributed by atoms with Crippen molar-refractivity contribution in [2.45, 2.75) is 48.0 Å². The fraction of sp³-hybridized carbons (Fsp3) is 0.625. The molecule has 0 aromatic carbocycles. The Labute approximate surface area is 113 Å². The van der Waals surface area contributed by atoms with E-state index in [4.69, 9.17) is 0 Å². The van der Waals surface area contributed by atoms with Crippen LogP contribution in [0.2, 0.25) is 0 Å². The van der Waals surface area contributed by atoms with Crippen LogP contribution in [-0.4, -0.2) is 25.5 Å². The van der Waals surface area contributed by atoms with Gasteiger partial charge in [-0.3, -0.25) is 9.98 Å². The van der Waals surface area contributed by atoms with Gasteiger partial charge in [-0.15, -0.1) is 0 Å². The predicted octanol–water partition coefficient (Wildman–Crippen LogP) is 4.48. The van der Waals surface area contributed by atoms with Gasteiger partial charge in [0.25, 0.3) is 0 Å². The van der Waals surface area contributed by atoms with E-state index in [1.54, 1.807) is 0 Å². The summed E-state index contributed by atoms with van der Waals surface area (Å²) in [4.78, 5) is 8.65. The van der Waals surface area contributed by atoms with Gasteiger partial charge in [-0.25, -0.2) is 0 Å². The molecular formula is C16H28N2. The van der Waals surface area contributed by atoms with Crippen molar-refractivity contribution in [2.24, 2.45) is 15.9 Å². The number of allylic oxidation sites excluding steroid dienone is 3. The monoisotopic (exact) mass is 248 g/mol. The first-order valence-corrected chi connectivity index (χ1v) is 6.73. The quantitative estimate of drug-likeness (QED) is 0.619. The summed E-state index contributed by atoms with van der Waals surface area (Å²) in [5, 5.41) is 0. The van der Waals surface area contributed by atoms with Crippen LogP contribution in [0.25, 0.3) is 0 Å². The highest BCUT2D eigenvalue weighted by Gasteiger charge is 2.08. The summed E-state index contributed by atoms with van der Waals surface area (Å²) in [6.45, 7) is 13.7. The first-order chi connectivity index (χ1) is 8.47. The Bertz CT molecular complexity index is 371. The molecule has 0 saturated heterocycles. The summed E-state index contributed by atoms with van der Waals surface area (Å²) < 4.78 is 0. The number of hydrogen-bond donors (Lipinski definition) is 0. The molecule has 0 heterocycles. The van der Waals surface area contributed by atoms with E-state index < -0.39 is 0 Å². The lowest BCUT2D eigenvalue weighted by atomic mass is 9.93. The lowest BCUT2D eigenvalue weighted by Gasteiger charge is -2.14. The van der Waals surface area contributed by atoms with Gasteiger partial charge in [-0.2, -0.15) is 0 Å². The second kappa shape index (κ2) is 8.84. The van der Waals surface area contributed by atoms with Gasteiger partial charge in [0.2, 0.25) is 0 Å². The van der Waals surface area contributed by atoms with Gasteiger partial charge in [0.05, 0.1) is 12.3 Å². The van der Waals surface area contributed by atoms with Gasteiger partial charge in [-0.05, 0) is 63.5 Å². The van der Waals surface area contributed by atoms with Crippen LogP contribution in [0.5, 0.6) is 0 Å². The molecule has 0 aromatic rings. The lowest BCUT2D eigenvalue weighted by Crippen LogP contribution is -2.05. The molecule has 0 bridgehead atoms. The van der Waals surface area contributed by atoms with E-state index >= 15 is 0 Å². The Hall–Kier alpha value is -1.18. The Morgan fingerprint density at radius 1 is 1.22 bits per heavy atom. The summed E-state index contributed by atoms with van der Waals surface area (Å²) >= 11 is 0. The zero-order chi connectivity index (χ0) is 14.1. The third-order valence-electron chi connectivity index (χ3n) is 3.47. The maximum Gasteiger partial charge on any atom is 0.0599 e. The minimum absolute atomic E-state index is 0.615. The summed E-state index contributed by atoms with van der Waals surface area (Å²) in [5.74, 6) is 0.615.